The number of nitrogens with zero attached hydrogens (tertiary/aromatic N) is 5. The molecule has 6 aromatic rings. The van der Waals surface area contributed by atoms with E-state index in [9.17, 15) is 4.79 Å². The minimum Gasteiger partial charge on any atom is -0.496 e. The number of amides is 2. The number of nitroso groups, excluding NO2 is 1. The maximum Gasteiger partial charge on any atom is 0.321 e. The first-order chi connectivity index (χ1) is 26.5. The minimum atomic E-state index is -0.407. The van der Waals surface area contributed by atoms with Crippen LogP contribution in [0.2, 0.25) is 10.0 Å². The quantitative estimate of drug-likeness (QED) is 0.107. The number of nitrogens with two attached hydrogens (primary N) is 1. The van der Waals surface area contributed by atoms with Gasteiger partial charge in [0.25, 0.3) is 0 Å². The number of halogens is 4. The van der Waals surface area contributed by atoms with Crippen molar-refractivity contribution in [3.05, 3.63) is 121 Å². The van der Waals surface area contributed by atoms with E-state index >= 15 is 8.78 Å². The van der Waals surface area contributed by atoms with Crippen LogP contribution in [-0.2, 0) is 12.8 Å². The summed E-state index contributed by atoms with van der Waals surface area (Å²) in [5.41, 5.74) is 8.51. The molecule has 12 nitrogen and oxygen atoms in total. The maximum atomic E-state index is 15.3. The highest BCUT2D eigenvalue weighted by Gasteiger charge is 2.20. The normalized spacial score (nSPS) is 9.96. The molecule has 0 radical (unpaired) electrons. The molecule has 2 amide bonds. The number of anilines is 2. The Balaban J connectivity index is 0.000000353. The van der Waals surface area contributed by atoms with Crippen molar-refractivity contribution in [2.75, 3.05) is 38.4 Å². The number of nitrogen functional groups attached to an aromatic ring is 1. The summed E-state index contributed by atoms with van der Waals surface area (Å²) in [5.74, 6) is 0.0973. The first-order valence-electron chi connectivity index (χ1n) is 16.5. The van der Waals surface area contributed by atoms with Gasteiger partial charge in [-0.2, -0.15) is 4.91 Å². The van der Waals surface area contributed by atoms with Crippen molar-refractivity contribution in [2.24, 2.45) is 5.18 Å². The molecule has 0 aliphatic carbocycles. The lowest BCUT2D eigenvalue weighted by Gasteiger charge is -2.13. The molecule has 0 saturated carbocycles. The summed E-state index contributed by atoms with van der Waals surface area (Å²) < 4.78 is 41.0. The molecule has 4 N–H and O–H groups in total. The van der Waals surface area contributed by atoms with E-state index < -0.39 is 5.82 Å². The number of carbonyl (C=O) groups excluding carboxylic acids is 1. The van der Waals surface area contributed by atoms with Gasteiger partial charge in [-0.05, 0) is 72.5 Å². The Morgan fingerprint density at radius 2 is 1.25 bits per heavy atom. The predicted octanol–water partition coefficient (Wildman–Crippen LogP) is 11.0. The fourth-order valence-corrected chi connectivity index (χ4v) is 6.75. The van der Waals surface area contributed by atoms with Crippen LogP contribution in [0.5, 0.6) is 11.5 Å². The summed E-state index contributed by atoms with van der Waals surface area (Å²) in [6, 6.07) is 20.4. The van der Waals surface area contributed by atoms with E-state index in [1.807, 2.05) is 6.92 Å². The van der Waals surface area contributed by atoms with Crippen LogP contribution >= 0.6 is 45.9 Å². The fraction of sp³-hybridized carbons (Fsp3) is 0.256. The van der Waals surface area contributed by atoms with E-state index in [0.717, 1.165) is 0 Å². The van der Waals surface area contributed by atoms with E-state index in [4.69, 9.17) is 43.3 Å². The highest BCUT2D eigenvalue weighted by molar-refractivity contribution is 7.15. The molecule has 6 rings (SSSR count). The molecule has 0 saturated heterocycles. The van der Waals surface area contributed by atoms with Gasteiger partial charge in [-0.3, -0.25) is 5.32 Å². The lowest BCUT2D eigenvalue weighted by atomic mass is 9.99. The van der Waals surface area contributed by atoms with Crippen LogP contribution in [-0.4, -0.2) is 53.7 Å². The van der Waals surface area contributed by atoms with Gasteiger partial charge in [0.15, 0.2) is 0 Å². The third kappa shape index (κ3) is 13.4. The SMILES string of the molecule is C.C.CCN=O.CCNC(=O)Nc1nnc(Cc2ccc(OC)c(-c3cccc(Cl)c3)c2F)s1.COc1ccc(Cc2nnc(N)s2)c(F)c1-c1cccc(Cl)c1. The number of hydrogen-bond donors (Lipinski definition) is 3. The number of carbonyl (C=O) groups is 1. The number of methoxy groups -OCH3 is 2. The molecule has 2 heterocycles. The Kier molecular flexibility index (Phi) is 19.9. The molecule has 0 aliphatic heterocycles. The van der Waals surface area contributed by atoms with Crippen molar-refractivity contribution in [1.29, 1.82) is 0 Å². The van der Waals surface area contributed by atoms with E-state index in [2.05, 4.69) is 36.2 Å². The zero-order chi connectivity index (χ0) is 39.9. The first-order valence-corrected chi connectivity index (χ1v) is 18.9. The predicted molar refractivity (Wildman–Crippen MR) is 229 cm³/mol. The van der Waals surface area contributed by atoms with E-state index in [1.54, 1.807) is 79.7 Å². The Morgan fingerprint density at radius 3 is 1.65 bits per heavy atom. The number of rotatable bonds is 11. The molecule has 0 bridgehead atoms. The highest BCUT2D eigenvalue weighted by Crippen LogP contribution is 2.38. The molecule has 2 aromatic heterocycles. The Labute approximate surface area is 348 Å². The van der Waals surface area contributed by atoms with Gasteiger partial charge in [0.05, 0.1) is 31.9 Å². The molecule has 18 heteroatoms. The highest BCUT2D eigenvalue weighted by atomic mass is 35.5. The second kappa shape index (κ2) is 23.7. The molecule has 304 valence electrons. The van der Waals surface area contributed by atoms with Crippen molar-refractivity contribution in [3.63, 3.8) is 0 Å². The molecule has 4 aromatic carbocycles. The lowest BCUT2D eigenvalue weighted by molar-refractivity contribution is 0.252. The van der Waals surface area contributed by atoms with Crippen LogP contribution in [0.15, 0.2) is 78.0 Å². The van der Waals surface area contributed by atoms with Crippen molar-refractivity contribution in [3.8, 4) is 33.8 Å². The molecule has 0 atom stereocenters. The Hall–Kier alpha value is -5.29. The van der Waals surface area contributed by atoms with Crippen LogP contribution in [0.1, 0.15) is 49.8 Å². The van der Waals surface area contributed by atoms with Crippen molar-refractivity contribution < 1.29 is 23.0 Å². The number of hydrogen-bond acceptors (Lipinski definition) is 12. The molecule has 0 spiro atoms. The summed E-state index contributed by atoms with van der Waals surface area (Å²) in [6.45, 7) is 4.41. The van der Waals surface area contributed by atoms with Gasteiger partial charge >= 0.3 is 6.03 Å². The molecule has 57 heavy (non-hydrogen) atoms. The zero-order valence-electron chi connectivity index (χ0n) is 30.0. The van der Waals surface area contributed by atoms with E-state index in [1.165, 1.54) is 36.9 Å². The molecule has 0 unspecified atom stereocenters. The van der Waals surface area contributed by atoms with Crippen LogP contribution in [0.3, 0.4) is 0 Å². The fourth-order valence-electron chi connectivity index (χ4n) is 4.98. The number of ether oxygens (including phenoxy) is 2. The second-order valence-electron chi connectivity index (χ2n) is 11.1. The van der Waals surface area contributed by atoms with Crippen molar-refractivity contribution in [2.45, 2.75) is 41.5 Å². The number of nitrogens with one attached hydrogen (secondary N) is 2. The van der Waals surface area contributed by atoms with Crippen LogP contribution in [0.4, 0.5) is 23.8 Å². The number of urea groups is 1. The largest absolute Gasteiger partial charge is 0.496 e. The second-order valence-corrected chi connectivity index (χ2v) is 14.1. The van der Waals surface area contributed by atoms with E-state index in [-0.39, 0.29) is 33.1 Å². The number of aromatic nitrogens is 4. The third-order valence-corrected chi connectivity index (χ3v) is 9.41. The van der Waals surface area contributed by atoms with Gasteiger partial charge < -0.3 is 20.5 Å². The third-order valence-electron chi connectivity index (χ3n) is 7.35. The summed E-state index contributed by atoms with van der Waals surface area (Å²) in [7, 11) is 3.00. The Bertz CT molecular complexity index is 2230. The van der Waals surface area contributed by atoms with E-state index in [0.29, 0.717) is 94.7 Å². The standard InChI is InChI=1S/C19H18ClFN4O2S.C16H13ClFN3OS.C2H5NO.2CH4/c1-3-22-18(26)23-19-25-24-15(28-19)10-12-7-8-14(27-2)16(17(12)21)11-5-4-6-13(20)9-11;1-22-12-6-5-10(8-13-20-21-16(19)23-13)15(18)14(12)9-3-2-4-11(17)7-9;1-2-3-4;;/h4-9H,3,10H2,1-2H3,(H2,22,23,25,26);2-7H,8H2,1H3,(H2,19,21);2H2,1H3;2*1H4. The maximum absolute atomic E-state index is 15.3. The van der Waals surface area contributed by atoms with Gasteiger partial charge in [-0.25, -0.2) is 13.6 Å². The molecule has 0 fully saturated rings. The van der Waals surface area contributed by atoms with Gasteiger partial charge in [-0.15, -0.1) is 20.4 Å². The summed E-state index contributed by atoms with van der Waals surface area (Å²) in [6.07, 6.45) is 0.552. The average molecular weight is 862 g/mol. The topological polar surface area (TPSA) is 167 Å². The number of benzene rings is 4. The van der Waals surface area contributed by atoms with Gasteiger partial charge in [0.1, 0.15) is 33.1 Å². The van der Waals surface area contributed by atoms with Crippen molar-refractivity contribution >= 4 is 62.2 Å². The molecular weight excluding hydrogens is 818 g/mol. The molecule has 0 aliphatic rings. The van der Waals surface area contributed by atoms with Gasteiger partial charge in [0.2, 0.25) is 10.3 Å². The summed E-state index contributed by atoms with van der Waals surface area (Å²) in [4.78, 5) is 20.5. The summed E-state index contributed by atoms with van der Waals surface area (Å²) in [5, 5.41) is 26.3. The monoisotopic (exact) mass is 860 g/mol. The van der Waals surface area contributed by atoms with Crippen molar-refractivity contribution in [1.82, 2.24) is 25.7 Å². The van der Waals surface area contributed by atoms with Gasteiger partial charge in [0, 0.05) is 29.4 Å². The smallest absolute Gasteiger partial charge is 0.321 e. The average Bonchev–Trinajstić information content (AvgIpc) is 3.80. The van der Waals surface area contributed by atoms with Crippen LogP contribution < -0.4 is 25.8 Å². The van der Waals surface area contributed by atoms with Gasteiger partial charge in [-0.1, -0.05) is 102 Å². The zero-order valence-corrected chi connectivity index (χ0v) is 33.2. The molecular formula is C39H44Cl2F2N8O4S2. The first kappa shape index (κ1) is 47.9. The lowest BCUT2D eigenvalue weighted by Crippen LogP contribution is -2.28. The van der Waals surface area contributed by atoms with Crippen LogP contribution in [0, 0.1) is 16.5 Å². The summed E-state index contributed by atoms with van der Waals surface area (Å²) >= 11 is 14.5. The Morgan fingerprint density at radius 1 is 0.772 bits per heavy atom. The van der Waals surface area contributed by atoms with Crippen LogP contribution in [0.25, 0.3) is 22.3 Å². The minimum absolute atomic E-state index is 0.